The molecule has 0 atom stereocenters. The standard InChI is InChI=1S/C41H49N3O/c1-12-28-17-16-19-30(25(5)6)39(28)43-40(37-32(26(7)8)21-29(24(3)4)22-33(37)27(9)10)41-42-34(23-44(41)11)38-31-18-14-15-20-36(31)45-35(38)13-2/h12,14-27H,1,13H2,2-11H3. The van der Waals surface area contributed by atoms with Gasteiger partial charge in [0.05, 0.1) is 16.9 Å². The van der Waals surface area contributed by atoms with Crippen LogP contribution in [0.15, 0.2) is 76.8 Å². The molecule has 4 heteroatoms. The molecule has 234 valence electrons. The Kier molecular flexibility index (Phi) is 9.34. The summed E-state index contributed by atoms with van der Waals surface area (Å²) in [7, 11) is 2.09. The molecule has 0 saturated heterocycles. The molecule has 0 aliphatic carbocycles. The third-order valence-corrected chi connectivity index (χ3v) is 8.87. The lowest BCUT2D eigenvalue weighted by Crippen LogP contribution is -2.17. The van der Waals surface area contributed by atoms with E-state index >= 15 is 0 Å². The maximum Gasteiger partial charge on any atom is 0.159 e. The number of hydrogen-bond acceptors (Lipinski definition) is 3. The van der Waals surface area contributed by atoms with Crippen molar-refractivity contribution in [3.63, 3.8) is 0 Å². The van der Waals surface area contributed by atoms with Crippen molar-refractivity contribution in [1.29, 1.82) is 0 Å². The number of aromatic nitrogens is 2. The van der Waals surface area contributed by atoms with Crippen molar-refractivity contribution in [2.75, 3.05) is 0 Å². The molecular weight excluding hydrogens is 550 g/mol. The minimum absolute atomic E-state index is 0.295. The second-order valence-corrected chi connectivity index (χ2v) is 13.5. The summed E-state index contributed by atoms with van der Waals surface area (Å²) in [6.07, 6.45) is 4.84. The van der Waals surface area contributed by atoms with Crippen molar-refractivity contribution in [2.24, 2.45) is 12.0 Å². The molecule has 0 N–H and O–H groups in total. The zero-order chi connectivity index (χ0) is 32.6. The maximum atomic E-state index is 6.31. The van der Waals surface area contributed by atoms with Gasteiger partial charge in [0.2, 0.25) is 0 Å². The van der Waals surface area contributed by atoms with Gasteiger partial charge in [-0.3, -0.25) is 0 Å². The predicted octanol–water partition coefficient (Wildman–Crippen LogP) is 11.7. The Balaban J connectivity index is 1.91. The van der Waals surface area contributed by atoms with Crippen molar-refractivity contribution in [3.05, 3.63) is 112 Å². The lowest BCUT2D eigenvalue weighted by molar-refractivity contribution is 0.558. The van der Waals surface area contributed by atoms with Crippen LogP contribution in [0.4, 0.5) is 5.69 Å². The highest BCUT2D eigenvalue weighted by Crippen LogP contribution is 2.39. The van der Waals surface area contributed by atoms with E-state index in [1.54, 1.807) is 0 Å². The van der Waals surface area contributed by atoms with E-state index in [-0.39, 0.29) is 0 Å². The first-order valence-electron chi connectivity index (χ1n) is 16.5. The molecule has 45 heavy (non-hydrogen) atoms. The molecule has 0 fully saturated rings. The number of benzene rings is 3. The number of rotatable bonds is 10. The van der Waals surface area contributed by atoms with E-state index in [0.29, 0.717) is 23.7 Å². The first-order chi connectivity index (χ1) is 21.5. The van der Waals surface area contributed by atoms with Gasteiger partial charge in [0, 0.05) is 30.6 Å². The van der Waals surface area contributed by atoms with Crippen molar-refractivity contribution in [2.45, 2.75) is 92.4 Å². The lowest BCUT2D eigenvalue weighted by Gasteiger charge is -2.24. The molecule has 5 rings (SSSR count). The van der Waals surface area contributed by atoms with Crippen LogP contribution < -0.4 is 0 Å². The molecule has 5 aromatic rings. The molecule has 0 bridgehead atoms. The summed E-state index contributed by atoms with van der Waals surface area (Å²) in [6, 6.07) is 19.5. The topological polar surface area (TPSA) is 43.3 Å². The van der Waals surface area contributed by atoms with Gasteiger partial charge in [0.1, 0.15) is 17.1 Å². The molecule has 0 amide bonds. The molecule has 0 aliphatic rings. The molecule has 0 unspecified atom stereocenters. The number of fused-ring (bicyclic) bond motifs is 1. The normalized spacial score (nSPS) is 12.4. The minimum atomic E-state index is 0.295. The van der Waals surface area contributed by atoms with Crippen molar-refractivity contribution in [3.8, 4) is 11.3 Å². The Hall–Kier alpha value is -4.18. The Bertz CT molecular complexity index is 1850. The molecule has 0 spiro atoms. The molecule has 4 nitrogen and oxygen atoms in total. The number of para-hydroxylation sites is 2. The van der Waals surface area contributed by atoms with Crippen molar-refractivity contribution < 1.29 is 4.42 Å². The fourth-order valence-electron chi connectivity index (χ4n) is 6.33. The van der Waals surface area contributed by atoms with Crippen LogP contribution in [0.1, 0.15) is 131 Å². The fourth-order valence-corrected chi connectivity index (χ4v) is 6.33. The molecule has 0 saturated carbocycles. The van der Waals surface area contributed by atoms with Gasteiger partial charge < -0.3 is 8.98 Å². The van der Waals surface area contributed by atoms with Crippen LogP contribution in [0, 0.1) is 0 Å². The van der Waals surface area contributed by atoms with Gasteiger partial charge in [-0.05, 0) is 57.6 Å². The average Bonchev–Trinajstić information content (AvgIpc) is 3.58. The van der Waals surface area contributed by atoms with E-state index in [1.807, 2.05) is 18.2 Å². The summed E-state index contributed by atoms with van der Waals surface area (Å²) < 4.78 is 8.46. The number of imidazole rings is 1. The van der Waals surface area contributed by atoms with E-state index < -0.39 is 0 Å². The number of aliphatic imine (C=N–C) groups is 1. The van der Waals surface area contributed by atoms with Gasteiger partial charge in [-0.2, -0.15) is 0 Å². The lowest BCUT2D eigenvalue weighted by atomic mass is 9.82. The molecule has 0 aliphatic heterocycles. The number of nitrogens with zero attached hydrogens (tertiary/aromatic N) is 3. The zero-order valence-corrected chi connectivity index (χ0v) is 28.8. The summed E-state index contributed by atoms with van der Waals surface area (Å²) >= 11 is 0. The van der Waals surface area contributed by atoms with Crippen molar-refractivity contribution >= 4 is 28.4 Å². The Labute approximate surface area is 269 Å². The minimum Gasteiger partial charge on any atom is -0.460 e. The average molecular weight is 600 g/mol. The van der Waals surface area contributed by atoms with Gasteiger partial charge in [-0.1, -0.05) is 123 Å². The molecule has 2 aromatic heterocycles. The summed E-state index contributed by atoms with van der Waals surface area (Å²) in [5.74, 6) is 3.10. The van der Waals surface area contributed by atoms with Gasteiger partial charge >= 0.3 is 0 Å². The molecule has 3 aromatic carbocycles. The third kappa shape index (κ3) is 6.08. The second-order valence-electron chi connectivity index (χ2n) is 13.5. The zero-order valence-electron chi connectivity index (χ0n) is 28.8. The third-order valence-electron chi connectivity index (χ3n) is 8.87. The number of hydrogen-bond donors (Lipinski definition) is 0. The van der Waals surface area contributed by atoms with E-state index in [4.69, 9.17) is 14.4 Å². The Morgan fingerprint density at radius 2 is 1.51 bits per heavy atom. The SMILES string of the molecule is C=Cc1cccc(C(C)C)c1N=C(c1c(C(C)C)cc(C(C)C)cc1C(C)C)c1nc(-c2c(CC)oc3ccccc23)cn1C. The van der Waals surface area contributed by atoms with Crippen LogP contribution in [-0.4, -0.2) is 15.3 Å². The maximum absolute atomic E-state index is 6.31. The predicted molar refractivity (Wildman–Crippen MR) is 192 cm³/mol. The highest BCUT2D eigenvalue weighted by molar-refractivity contribution is 6.15. The molecular formula is C41H49N3O. The Morgan fingerprint density at radius 3 is 2.09 bits per heavy atom. The molecule has 0 radical (unpaired) electrons. The summed E-state index contributed by atoms with van der Waals surface area (Å²) in [5, 5.41) is 1.09. The van der Waals surface area contributed by atoms with Crippen LogP contribution in [0.3, 0.4) is 0 Å². The number of furan rings is 1. The van der Waals surface area contributed by atoms with Crippen LogP contribution >= 0.6 is 0 Å². The van der Waals surface area contributed by atoms with Crippen LogP contribution in [0.25, 0.3) is 28.3 Å². The smallest absolute Gasteiger partial charge is 0.159 e. The van der Waals surface area contributed by atoms with Crippen LogP contribution in [0.2, 0.25) is 0 Å². The van der Waals surface area contributed by atoms with E-state index in [1.165, 1.54) is 27.8 Å². The highest BCUT2D eigenvalue weighted by Gasteiger charge is 2.27. The van der Waals surface area contributed by atoms with Gasteiger partial charge in [0.25, 0.3) is 0 Å². The first-order valence-corrected chi connectivity index (χ1v) is 16.5. The highest BCUT2D eigenvalue weighted by atomic mass is 16.3. The van der Waals surface area contributed by atoms with Gasteiger partial charge in [-0.15, -0.1) is 0 Å². The van der Waals surface area contributed by atoms with E-state index in [0.717, 1.165) is 57.2 Å². The molecule has 2 heterocycles. The van der Waals surface area contributed by atoms with Crippen molar-refractivity contribution in [1.82, 2.24) is 9.55 Å². The first kappa shape index (κ1) is 32.2. The number of aryl methyl sites for hydroxylation is 2. The second kappa shape index (κ2) is 13.0. The summed E-state index contributed by atoms with van der Waals surface area (Å²) in [5.41, 5.74) is 12.1. The summed E-state index contributed by atoms with van der Waals surface area (Å²) in [4.78, 5) is 11.1. The summed E-state index contributed by atoms with van der Waals surface area (Å²) in [6.45, 7) is 24.5. The van der Waals surface area contributed by atoms with Crippen LogP contribution in [-0.2, 0) is 13.5 Å². The van der Waals surface area contributed by atoms with Crippen LogP contribution in [0.5, 0.6) is 0 Å². The Morgan fingerprint density at radius 1 is 0.867 bits per heavy atom. The van der Waals surface area contributed by atoms with Gasteiger partial charge in [0.15, 0.2) is 5.82 Å². The quantitative estimate of drug-likeness (QED) is 0.150. The van der Waals surface area contributed by atoms with E-state index in [2.05, 4.69) is 129 Å². The largest absolute Gasteiger partial charge is 0.460 e. The van der Waals surface area contributed by atoms with Gasteiger partial charge in [-0.25, -0.2) is 9.98 Å². The monoisotopic (exact) mass is 599 g/mol. The fraction of sp³-hybridized carbons (Fsp3) is 0.366. The van der Waals surface area contributed by atoms with E-state index in [9.17, 15) is 0 Å².